The molecule has 1 saturated heterocycles. The number of amides is 1. The van der Waals surface area contributed by atoms with Gasteiger partial charge in [-0.3, -0.25) is 4.79 Å². The van der Waals surface area contributed by atoms with Crippen LogP contribution in [0.15, 0.2) is 0 Å². The van der Waals surface area contributed by atoms with Crippen molar-refractivity contribution in [2.45, 2.75) is 25.9 Å². The number of carbonyl (C=O) groups is 1. The molecule has 0 bridgehead atoms. The molecule has 1 heterocycles. The molecular weight excluding hydrogens is 130 g/mol. The summed E-state index contributed by atoms with van der Waals surface area (Å²) in [6, 6.07) is 0. The average molecular weight is 143 g/mol. The van der Waals surface area contributed by atoms with Crippen molar-refractivity contribution in [1.29, 1.82) is 0 Å². The Balaban J connectivity index is 2.19. The molecule has 10 heavy (non-hydrogen) atoms. The third-order valence-corrected chi connectivity index (χ3v) is 1.62. The van der Waals surface area contributed by atoms with Gasteiger partial charge in [0.25, 0.3) is 0 Å². The molecule has 1 aliphatic rings. The summed E-state index contributed by atoms with van der Waals surface area (Å²) in [6.07, 6.45) is 1.74. The molecule has 1 aliphatic heterocycles. The summed E-state index contributed by atoms with van der Waals surface area (Å²) in [5, 5.41) is 2.75. The molecular formula is C7H13NO2. The zero-order chi connectivity index (χ0) is 7.40. The summed E-state index contributed by atoms with van der Waals surface area (Å²) in [4.78, 5) is 10.6. The Hall–Kier alpha value is -0.570. The highest BCUT2D eigenvalue weighted by Gasteiger charge is 2.16. The summed E-state index contributed by atoms with van der Waals surface area (Å²) in [5.41, 5.74) is 0. The van der Waals surface area contributed by atoms with Crippen LogP contribution in [0.5, 0.6) is 0 Å². The molecule has 0 aromatic heterocycles. The monoisotopic (exact) mass is 143 g/mol. The largest absolute Gasteiger partial charge is 0.377 e. The standard InChI is InChI=1S/C7H13NO2/c1-2-10-6-3-4-7(9)8-5-6/h6H,2-5H2,1H3,(H,8,9)/t6-/m1/s1. The zero-order valence-electron chi connectivity index (χ0n) is 6.22. The maximum atomic E-state index is 10.6. The molecule has 0 unspecified atom stereocenters. The van der Waals surface area contributed by atoms with Gasteiger partial charge in [-0.2, -0.15) is 0 Å². The van der Waals surface area contributed by atoms with Crippen LogP contribution in [-0.2, 0) is 9.53 Å². The minimum Gasteiger partial charge on any atom is -0.377 e. The van der Waals surface area contributed by atoms with E-state index in [0.29, 0.717) is 13.0 Å². The van der Waals surface area contributed by atoms with E-state index >= 15 is 0 Å². The summed E-state index contributed by atoms with van der Waals surface area (Å²) in [5.74, 6) is 0.149. The maximum Gasteiger partial charge on any atom is 0.220 e. The Morgan fingerprint density at radius 1 is 1.80 bits per heavy atom. The van der Waals surface area contributed by atoms with Gasteiger partial charge in [-0.1, -0.05) is 0 Å². The number of carbonyl (C=O) groups excluding carboxylic acids is 1. The molecule has 0 aliphatic carbocycles. The van der Waals surface area contributed by atoms with Crippen LogP contribution in [0.3, 0.4) is 0 Å². The van der Waals surface area contributed by atoms with Crippen molar-refractivity contribution in [3.05, 3.63) is 0 Å². The van der Waals surface area contributed by atoms with E-state index in [-0.39, 0.29) is 12.0 Å². The number of piperidine rings is 1. The minimum absolute atomic E-state index is 0.149. The first-order valence-corrected chi connectivity index (χ1v) is 3.71. The van der Waals surface area contributed by atoms with Crippen molar-refractivity contribution in [2.24, 2.45) is 0 Å². The highest BCUT2D eigenvalue weighted by Crippen LogP contribution is 2.05. The first-order chi connectivity index (χ1) is 4.83. The van der Waals surface area contributed by atoms with E-state index < -0.39 is 0 Å². The van der Waals surface area contributed by atoms with Crippen molar-refractivity contribution >= 4 is 5.91 Å². The average Bonchev–Trinajstić information content (AvgIpc) is 1.95. The number of hydrogen-bond acceptors (Lipinski definition) is 2. The van der Waals surface area contributed by atoms with E-state index in [1.54, 1.807) is 0 Å². The third kappa shape index (κ3) is 1.99. The first kappa shape index (κ1) is 7.54. The van der Waals surface area contributed by atoms with Crippen LogP contribution in [0.25, 0.3) is 0 Å². The van der Waals surface area contributed by atoms with Gasteiger partial charge in [0.15, 0.2) is 0 Å². The van der Waals surface area contributed by atoms with Gasteiger partial charge >= 0.3 is 0 Å². The van der Waals surface area contributed by atoms with E-state index in [1.165, 1.54) is 0 Å². The van der Waals surface area contributed by atoms with Crippen molar-refractivity contribution in [3.63, 3.8) is 0 Å². The number of rotatable bonds is 2. The number of ether oxygens (including phenoxy) is 1. The fraction of sp³-hybridized carbons (Fsp3) is 0.857. The highest BCUT2D eigenvalue weighted by molar-refractivity contribution is 5.76. The van der Waals surface area contributed by atoms with Crippen molar-refractivity contribution in [2.75, 3.05) is 13.2 Å². The summed E-state index contributed by atoms with van der Waals surface area (Å²) < 4.78 is 5.32. The second-order valence-corrected chi connectivity index (χ2v) is 2.42. The highest BCUT2D eigenvalue weighted by atomic mass is 16.5. The minimum atomic E-state index is 0.149. The lowest BCUT2D eigenvalue weighted by molar-refractivity contribution is -0.124. The quantitative estimate of drug-likeness (QED) is 0.603. The third-order valence-electron chi connectivity index (χ3n) is 1.62. The summed E-state index contributed by atoms with van der Waals surface area (Å²) >= 11 is 0. The molecule has 1 amide bonds. The Kier molecular flexibility index (Phi) is 2.68. The Morgan fingerprint density at radius 2 is 2.60 bits per heavy atom. The molecule has 0 aromatic rings. The first-order valence-electron chi connectivity index (χ1n) is 3.71. The normalized spacial score (nSPS) is 26.1. The van der Waals surface area contributed by atoms with E-state index in [9.17, 15) is 4.79 Å². The summed E-state index contributed by atoms with van der Waals surface area (Å²) in [7, 11) is 0. The molecule has 0 aromatic carbocycles. The van der Waals surface area contributed by atoms with Gasteiger partial charge < -0.3 is 10.1 Å². The van der Waals surface area contributed by atoms with Gasteiger partial charge in [0.2, 0.25) is 5.91 Å². The fourth-order valence-electron chi connectivity index (χ4n) is 1.09. The lowest BCUT2D eigenvalue weighted by atomic mass is 10.1. The lowest BCUT2D eigenvalue weighted by Crippen LogP contribution is -2.39. The molecule has 1 fully saturated rings. The number of hydrogen-bond donors (Lipinski definition) is 1. The summed E-state index contributed by atoms with van der Waals surface area (Å²) in [6.45, 7) is 3.39. The van der Waals surface area contributed by atoms with Crippen molar-refractivity contribution in [1.82, 2.24) is 5.32 Å². The van der Waals surface area contributed by atoms with Gasteiger partial charge in [-0.15, -0.1) is 0 Å². The second-order valence-electron chi connectivity index (χ2n) is 2.42. The molecule has 1 atom stereocenters. The second kappa shape index (κ2) is 3.56. The van der Waals surface area contributed by atoms with Gasteiger partial charge in [0.1, 0.15) is 0 Å². The van der Waals surface area contributed by atoms with Crippen LogP contribution >= 0.6 is 0 Å². The Labute approximate surface area is 60.7 Å². The molecule has 0 radical (unpaired) electrons. The van der Waals surface area contributed by atoms with Crippen molar-refractivity contribution in [3.8, 4) is 0 Å². The van der Waals surface area contributed by atoms with Crippen LogP contribution < -0.4 is 5.32 Å². The topological polar surface area (TPSA) is 38.3 Å². The van der Waals surface area contributed by atoms with E-state index in [1.807, 2.05) is 6.92 Å². The van der Waals surface area contributed by atoms with E-state index in [2.05, 4.69) is 5.32 Å². The van der Waals surface area contributed by atoms with Crippen LogP contribution in [0.1, 0.15) is 19.8 Å². The predicted molar refractivity (Wildman–Crippen MR) is 37.7 cm³/mol. The molecule has 1 rings (SSSR count). The van der Waals surface area contributed by atoms with Crippen LogP contribution in [0, 0.1) is 0 Å². The molecule has 0 saturated carbocycles. The van der Waals surface area contributed by atoms with E-state index in [0.717, 1.165) is 13.0 Å². The molecule has 0 spiro atoms. The molecule has 58 valence electrons. The molecule has 3 heteroatoms. The van der Waals surface area contributed by atoms with Gasteiger partial charge in [0.05, 0.1) is 6.10 Å². The lowest BCUT2D eigenvalue weighted by Gasteiger charge is -2.21. The fourth-order valence-corrected chi connectivity index (χ4v) is 1.09. The van der Waals surface area contributed by atoms with Crippen LogP contribution in [-0.4, -0.2) is 25.2 Å². The van der Waals surface area contributed by atoms with Crippen LogP contribution in [0.4, 0.5) is 0 Å². The SMILES string of the molecule is CCO[C@@H]1CCC(=O)NC1. The molecule has 3 nitrogen and oxygen atoms in total. The molecule has 1 N–H and O–H groups in total. The maximum absolute atomic E-state index is 10.6. The number of nitrogens with one attached hydrogen (secondary N) is 1. The predicted octanol–water partition coefficient (Wildman–Crippen LogP) is 0.301. The van der Waals surface area contributed by atoms with Crippen LogP contribution in [0.2, 0.25) is 0 Å². The Morgan fingerprint density at radius 3 is 3.10 bits per heavy atom. The van der Waals surface area contributed by atoms with E-state index in [4.69, 9.17) is 4.74 Å². The van der Waals surface area contributed by atoms with Gasteiger partial charge in [0, 0.05) is 19.6 Å². The smallest absolute Gasteiger partial charge is 0.220 e. The Bertz CT molecular complexity index is 115. The zero-order valence-corrected chi connectivity index (χ0v) is 6.22. The van der Waals surface area contributed by atoms with Gasteiger partial charge in [-0.25, -0.2) is 0 Å². The van der Waals surface area contributed by atoms with Crippen molar-refractivity contribution < 1.29 is 9.53 Å². The van der Waals surface area contributed by atoms with Gasteiger partial charge in [-0.05, 0) is 13.3 Å².